The number of nitrogens with one attached hydrogen (secondary N) is 1. The van der Waals surface area contributed by atoms with E-state index in [1.165, 1.54) is 6.92 Å². The molecule has 0 atom stereocenters. The molecule has 1 N–H and O–H groups in total. The predicted octanol–water partition coefficient (Wildman–Crippen LogP) is 3.54. The van der Waals surface area contributed by atoms with Gasteiger partial charge in [-0.05, 0) is 32.8 Å². The monoisotopic (exact) mass is 343 g/mol. The molecular formula is C19H21NO5. The molecule has 1 aromatic heterocycles. The molecule has 0 fully saturated rings. The number of hydrogen-bond acceptors (Lipinski definition) is 5. The number of hydrogen-bond donors (Lipinski definition) is 1. The first-order valence-electron chi connectivity index (χ1n) is 8.09. The molecule has 0 aliphatic carbocycles. The summed E-state index contributed by atoms with van der Waals surface area (Å²) in [5.74, 6) is -1.09. The minimum absolute atomic E-state index is 0.0279. The number of amides is 1. The molecule has 0 saturated carbocycles. The van der Waals surface area contributed by atoms with E-state index >= 15 is 0 Å². The van der Waals surface area contributed by atoms with Gasteiger partial charge < -0.3 is 9.15 Å². The Morgan fingerprint density at radius 3 is 2.40 bits per heavy atom. The lowest BCUT2D eigenvalue weighted by Gasteiger charge is -2.06. The number of furan rings is 1. The standard InChI is InChI=1S/C19H21NO5/c1-4-24-19(23)17-16(12(2)21)13(3)25-18(17)20-15(22)11-10-14-8-6-5-7-9-14/h5-9H,4,10-11H2,1-3H3,(H,20,22). The number of ether oxygens (including phenoxy) is 1. The zero-order chi connectivity index (χ0) is 18.4. The summed E-state index contributed by atoms with van der Waals surface area (Å²) in [6, 6.07) is 9.58. The summed E-state index contributed by atoms with van der Waals surface area (Å²) in [5.41, 5.74) is 1.14. The molecule has 0 saturated heterocycles. The highest BCUT2D eigenvalue weighted by atomic mass is 16.5. The van der Waals surface area contributed by atoms with Gasteiger partial charge in [-0.25, -0.2) is 4.79 Å². The second-order valence-electron chi connectivity index (χ2n) is 5.55. The minimum Gasteiger partial charge on any atom is -0.462 e. The van der Waals surface area contributed by atoms with Crippen molar-refractivity contribution in [1.82, 2.24) is 0 Å². The molecule has 0 bridgehead atoms. The van der Waals surface area contributed by atoms with Crippen molar-refractivity contribution >= 4 is 23.5 Å². The zero-order valence-corrected chi connectivity index (χ0v) is 14.5. The number of Topliss-reactive ketones (excluding diaryl/α,β-unsaturated/α-hetero) is 1. The number of anilines is 1. The maximum absolute atomic E-state index is 12.2. The van der Waals surface area contributed by atoms with Gasteiger partial charge in [0.05, 0.1) is 12.2 Å². The van der Waals surface area contributed by atoms with Crippen molar-refractivity contribution in [3.8, 4) is 0 Å². The SMILES string of the molecule is CCOC(=O)c1c(NC(=O)CCc2ccccc2)oc(C)c1C(C)=O. The Bertz CT molecular complexity index is 777. The van der Waals surface area contributed by atoms with Gasteiger partial charge in [-0.15, -0.1) is 0 Å². The summed E-state index contributed by atoms with van der Waals surface area (Å²) < 4.78 is 10.4. The average Bonchev–Trinajstić information content (AvgIpc) is 2.90. The predicted molar refractivity (Wildman–Crippen MR) is 92.8 cm³/mol. The van der Waals surface area contributed by atoms with E-state index in [0.29, 0.717) is 6.42 Å². The van der Waals surface area contributed by atoms with Gasteiger partial charge in [-0.2, -0.15) is 0 Å². The Hall–Kier alpha value is -2.89. The summed E-state index contributed by atoms with van der Waals surface area (Å²) in [6.07, 6.45) is 0.780. The summed E-state index contributed by atoms with van der Waals surface area (Å²) >= 11 is 0. The minimum atomic E-state index is -0.692. The van der Waals surface area contributed by atoms with E-state index in [1.54, 1.807) is 13.8 Å². The van der Waals surface area contributed by atoms with Gasteiger partial charge in [0.15, 0.2) is 5.78 Å². The quantitative estimate of drug-likeness (QED) is 0.614. The zero-order valence-electron chi connectivity index (χ0n) is 14.5. The van der Waals surface area contributed by atoms with Gasteiger partial charge in [0.2, 0.25) is 11.8 Å². The second kappa shape index (κ2) is 8.28. The fourth-order valence-electron chi connectivity index (χ4n) is 2.55. The highest BCUT2D eigenvalue weighted by Crippen LogP contribution is 2.28. The molecule has 0 aliphatic heterocycles. The topological polar surface area (TPSA) is 85.6 Å². The van der Waals surface area contributed by atoms with Crippen LogP contribution in [0.15, 0.2) is 34.7 Å². The maximum Gasteiger partial charge on any atom is 0.344 e. The molecule has 1 aromatic carbocycles. The van der Waals surface area contributed by atoms with Crippen LogP contribution in [-0.4, -0.2) is 24.3 Å². The highest BCUT2D eigenvalue weighted by molar-refractivity contribution is 6.10. The molecule has 0 aliphatic rings. The first kappa shape index (κ1) is 18.4. The summed E-state index contributed by atoms with van der Waals surface area (Å²) in [6.45, 7) is 4.72. The number of benzene rings is 1. The molecule has 132 valence electrons. The van der Waals surface area contributed by atoms with Crippen LogP contribution >= 0.6 is 0 Å². The molecule has 0 spiro atoms. The van der Waals surface area contributed by atoms with Crippen LogP contribution < -0.4 is 5.32 Å². The largest absolute Gasteiger partial charge is 0.462 e. The van der Waals surface area contributed by atoms with Gasteiger partial charge in [-0.1, -0.05) is 30.3 Å². The molecule has 6 nitrogen and oxygen atoms in total. The molecule has 25 heavy (non-hydrogen) atoms. The molecule has 2 rings (SSSR count). The van der Waals surface area contributed by atoms with Crippen LogP contribution in [0.3, 0.4) is 0 Å². The van der Waals surface area contributed by atoms with Gasteiger partial charge in [0, 0.05) is 6.42 Å². The summed E-state index contributed by atoms with van der Waals surface area (Å²) in [5, 5.41) is 2.58. The van der Waals surface area contributed by atoms with Crippen LogP contribution in [0.4, 0.5) is 5.88 Å². The van der Waals surface area contributed by atoms with Gasteiger partial charge in [0.25, 0.3) is 0 Å². The second-order valence-corrected chi connectivity index (χ2v) is 5.55. The van der Waals surface area contributed by atoms with Gasteiger partial charge >= 0.3 is 5.97 Å². The van der Waals surface area contributed by atoms with E-state index in [4.69, 9.17) is 9.15 Å². The molecule has 0 radical (unpaired) electrons. The van der Waals surface area contributed by atoms with Crippen LogP contribution in [0, 0.1) is 6.92 Å². The first-order valence-corrected chi connectivity index (χ1v) is 8.09. The molecular weight excluding hydrogens is 322 g/mol. The van der Waals surface area contributed by atoms with Crippen molar-refractivity contribution < 1.29 is 23.5 Å². The Morgan fingerprint density at radius 1 is 1.12 bits per heavy atom. The number of esters is 1. The van der Waals surface area contributed by atoms with E-state index < -0.39 is 5.97 Å². The lowest BCUT2D eigenvalue weighted by Crippen LogP contribution is -2.16. The number of aryl methyl sites for hydroxylation is 2. The number of rotatable bonds is 7. The third kappa shape index (κ3) is 4.56. The van der Waals surface area contributed by atoms with E-state index in [-0.39, 0.29) is 47.5 Å². The van der Waals surface area contributed by atoms with Gasteiger partial charge in [0.1, 0.15) is 11.3 Å². The smallest absolute Gasteiger partial charge is 0.344 e. The lowest BCUT2D eigenvalue weighted by atomic mass is 10.1. The molecule has 0 unspecified atom stereocenters. The molecule has 2 aromatic rings. The van der Waals surface area contributed by atoms with E-state index in [1.807, 2.05) is 30.3 Å². The summed E-state index contributed by atoms with van der Waals surface area (Å²) in [4.78, 5) is 36.2. The third-order valence-corrected chi connectivity index (χ3v) is 3.65. The fraction of sp³-hybridized carbons (Fsp3) is 0.316. The third-order valence-electron chi connectivity index (χ3n) is 3.65. The van der Waals surface area contributed by atoms with Crippen LogP contribution in [0.25, 0.3) is 0 Å². The van der Waals surface area contributed by atoms with Crippen LogP contribution in [0.2, 0.25) is 0 Å². The van der Waals surface area contributed by atoms with Crippen LogP contribution in [-0.2, 0) is 16.0 Å². The van der Waals surface area contributed by atoms with Crippen LogP contribution in [0.1, 0.15) is 52.3 Å². The van der Waals surface area contributed by atoms with Crippen molar-refractivity contribution in [2.75, 3.05) is 11.9 Å². The van der Waals surface area contributed by atoms with E-state index in [0.717, 1.165) is 5.56 Å². The molecule has 6 heteroatoms. The van der Waals surface area contributed by atoms with Crippen molar-refractivity contribution in [3.63, 3.8) is 0 Å². The Balaban J connectivity index is 2.17. The normalized spacial score (nSPS) is 10.4. The van der Waals surface area contributed by atoms with Crippen molar-refractivity contribution in [2.45, 2.75) is 33.6 Å². The highest BCUT2D eigenvalue weighted by Gasteiger charge is 2.28. The van der Waals surface area contributed by atoms with Crippen molar-refractivity contribution in [2.24, 2.45) is 0 Å². The summed E-state index contributed by atoms with van der Waals surface area (Å²) in [7, 11) is 0. The number of carbonyl (C=O) groups is 3. The van der Waals surface area contributed by atoms with Crippen molar-refractivity contribution in [1.29, 1.82) is 0 Å². The number of ketones is 1. The fourth-order valence-corrected chi connectivity index (χ4v) is 2.55. The van der Waals surface area contributed by atoms with Gasteiger partial charge in [-0.3, -0.25) is 14.9 Å². The Morgan fingerprint density at radius 2 is 1.80 bits per heavy atom. The Labute approximate surface area is 146 Å². The average molecular weight is 343 g/mol. The van der Waals surface area contributed by atoms with Crippen molar-refractivity contribution in [3.05, 3.63) is 52.8 Å². The van der Waals surface area contributed by atoms with E-state index in [9.17, 15) is 14.4 Å². The number of carbonyl (C=O) groups excluding carboxylic acids is 3. The molecule has 1 heterocycles. The lowest BCUT2D eigenvalue weighted by molar-refractivity contribution is -0.116. The van der Waals surface area contributed by atoms with Crippen LogP contribution in [0.5, 0.6) is 0 Å². The maximum atomic E-state index is 12.2. The molecule has 1 amide bonds. The van der Waals surface area contributed by atoms with E-state index in [2.05, 4.69) is 5.32 Å². The first-order chi connectivity index (χ1) is 11.9. The Kier molecular flexibility index (Phi) is 6.11.